The standard InChI is InChI=1S/C10H10F3NO4/c11-10(12,13)9-14-6(7(18-9)8(15)16)5-1-3-17-4-2-5/h5H,1-4H2,(H,15,16). The smallest absolute Gasteiger partial charge is 0.468 e. The molecule has 0 aromatic carbocycles. The lowest BCUT2D eigenvalue weighted by molar-refractivity contribution is -0.157. The summed E-state index contributed by atoms with van der Waals surface area (Å²) >= 11 is 0. The number of ether oxygens (including phenoxy) is 1. The van der Waals surface area contributed by atoms with E-state index in [9.17, 15) is 18.0 Å². The largest absolute Gasteiger partial charge is 0.475 e. The fourth-order valence-electron chi connectivity index (χ4n) is 1.85. The van der Waals surface area contributed by atoms with Gasteiger partial charge in [0.05, 0.1) is 5.69 Å². The lowest BCUT2D eigenvalue weighted by Crippen LogP contribution is -2.16. The van der Waals surface area contributed by atoms with Gasteiger partial charge in [0, 0.05) is 19.1 Å². The molecular formula is C10H10F3NO4. The summed E-state index contributed by atoms with van der Waals surface area (Å²) in [6.07, 6.45) is -3.91. The molecule has 1 aliphatic heterocycles. The Morgan fingerprint density at radius 1 is 1.33 bits per heavy atom. The predicted octanol–water partition coefficient (Wildman–Crippen LogP) is 2.29. The van der Waals surface area contributed by atoms with Crippen molar-refractivity contribution in [1.29, 1.82) is 0 Å². The summed E-state index contributed by atoms with van der Waals surface area (Å²) in [7, 11) is 0. The summed E-state index contributed by atoms with van der Waals surface area (Å²) in [6.45, 7) is 0.746. The molecule has 0 unspecified atom stereocenters. The van der Waals surface area contributed by atoms with Crippen molar-refractivity contribution in [3.63, 3.8) is 0 Å². The topological polar surface area (TPSA) is 72.6 Å². The molecule has 0 saturated carbocycles. The number of rotatable bonds is 2. The van der Waals surface area contributed by atoms with E-state index in [0.29, 0.717) is 26.1 Å². The van der Waals surface area contributed by atoms with Crippen LogP contribution in [0.3, 0.4) is 0 Å². The van der Waals surface area contributed by atoms with Gasteiger partial charge in [-0.15, -0.1) is 0 Å². The summed E-state index contributed by atoms with van der Waals surface area (Å²) in [6, 6.07) is 0. The highest BCUT2D eigenvalue weighted by atomic mass is 19.4. The maximum Gasteiger partial charge on any atom is 0.468 e. The summed E-state index contributed by atoms with van der Waals surface area (Å²) < 4.78 is 46.7. The van der Waals surface area contributed by atoms with Gasteiger partial charge in [-0.2, -0.15) is 13.2 Å². The van der Waals surface area contributed by atoms with Gasteiger partial charge >= 0.3 is 18.0 Å². The highest BCUT2D eigenvalue weighted by Crippen LogP contribution is 2.35. The van der Waals surface area contributed by atoms with Crippen LogP contribution in [0.2, 0.25) is 0 Å². The van der Waals surface area contributed by atoms with Crippen molar-refractivity contribution >= 4 is 5.97 Å². The highest BCUT2D eigenvalue weighted by molar-refractivity contribution is 5.85. The van der Waals surface area contributed by atoms with Crippen molar-refractivity contribution in [3.8, 4) is 0 Å². The van der Waals surface area contributed by atoms with Gasteiger partial charge in [-0.25, -0.2) is 9.78 Å². The zero-order valence-electron chi connectivity index (χ0n) is 9.16. The Labute approximate surface area is 99.6 Å². The number of hydrogen-bond donors (Lipinski definition) is 1. The minimum atomic E-state index is -4.78. The van der Waals surface area contributed by atoms with Gasteiger partial charge in [-0.05, 0) is 12.8 Å². The third kappa shape index (κ3) is 2.47. The summed E-state index contributed by atoms with van der Waals surface area (Å²) in [5.41, 5.74) is -0.141. The molecule has 0 atom stereocenters. The van der Waals surface area contributed by atoms with E-state index in [1.54, 1.807) is 0 Å². The molecule has 18 heavy (non-hydrogen) atoms. The molecule has 100 valence electrons. The first-order valence-corrected chi connectivity index (χ1v) is 5.28. The molecule has 1 aromatic rings. The van der Waals surface area contributed by atoms with Crippen molar-refractivity contribution in [3.05, 3.63) is 17.3 Å². The molecule has 5 nitrogen and oxygen atoms in total. The van der Waals surface area contributed by atoms with Crippen LogP contribution in [0.25, 0.3) is 0 Å². The number of carboxylic acids is 1. The first-order valence-electron chi connectivity index (χ1n) is 5.28. The van der Waals surface area contributed by atoms with Crippen LogP contribution >= 0.6 is 0 Å². The van der Waals surface area contributed by atoms with Crippen molar-refractivity contribution < 1.29 is 32.2 Å². The summed E-state index contributed by atoms with van der Waals surface area (Å²) in [5.74, 6) is -4.15. The van der Waals surface area contributed by atoms with Crippen LogP contribution in [0.1, 0.15) is 40.9 Å². The van der Waals surface area contributed by atoms with Gasteiger partial charge in [0.25, 0.3) is 0 Å². The second kappa shape index (κ2) is 4.60. The van der Waals surface area contributed by atoms with Crippen LogP contribution < -0.4 is 0 Å². The van der Waals surface area contributed by atoms with E-state index in [-0.39, 0.29) is 11.6 Å². The lowest BCUT2D eigenvalue weighted by atomic mass is 9.95. The average molecular weight is 265 g/mol. The molecule has 1 aromatic heterocycles. The second-order valence-electron chi connectivity index (χ2n) is 3.92. The first kappa shape index (κ1) is 12.9. The van der Waals surface area contributed by atoms with Gasteiger partial charge < -0.3 is 14.3 Å². The van der Waals surface area contributed by atoms with Crippen molar-refractivity contribution in [1.82, 2.24) is 4.98 Å². The van der Waals surface area contributed by atoms with Crippen LogP contribution in [0, 0.1) is 0 Å². The summed E-state index contributed by atoms with van der Waals surface area (Å²) in [4.78, 5) is 14.2. The van der Waals surface area contributed by atoms with E-state index in [1.807, 2.05) is 0 Å². The maximum atomic E-state index is 12.4. The quantitative estimate of drug-likeness (QED) is 0.888. The normalized spacial score (nSPS) is 17.9. The number of carboxylic acid groups (broad SMARTS) is 1. The van der Waals surface area contributed by atoms with Gasteiger partial charge in [0.1, 0.15) is 0 Å². The highest BCUT2D eigenvalue weighted by Gasteiger charge is 2.40. The Balaban J connectivity index is 2.38. The van der Waals surface area contributed by atoms with Gasteiger partial charge in [0.2, 0.25) is 5.76 Å². The van der Waals surface area contributed by atoms with Gasteiger partial charge in [-0.1, -0.05) is 0 Å². The molecule has 0 spiro atoms. The molecule has 0 aliphatic carbocycles. The molecule has 1 aliphatic rings. The first-order chi connectivity index (χ1) is 8.39. The third-order valence-corrected chi connectivity index (χ3v) is 2.70. The van der Waals surface area contributed by atoms with E-state index in [1.165, 1.54) is 0 Å². The number of halogens is 3. The van der Waals surface area contributed by atoms with E-state index < -0.39 is 23.8 Å². The molecule has 0 radical (unpaired) electrons. The number of hydrogen-bond acceptors (Lipinski definition) is 4. The Morgan fingerprint density at radius 2 is 1.94 bits per heavy atom. The summed E-state index contributed by atoms with van der Waals surface area (Å²) in [5, 5.41) is 8.84. The molecule has 0 amide bonds. The van der Waals surface area contributed by atoms with Crippen LogP contribution in [0.15, 0.2) is 4.42 Å². The number of alkyl halides is 3. The van der Waals surface area contributed by atoms with E-state index in [4.69, 9.17) is 9.84 Å². The zero-order valence-corrected chi connectivity index (χ0v) is 9.16. The number of nitrogens with zero attached hydrogens (tertiary/aromatic N) is 1. The molecule has 2 heterocycles. The minimum absolute atomic E-state index is 0.141. The van der Waals surface area contributed by atoms with E-state index >= 15 is 0 Å². The fourth-order valence-corrected chi connectivity index (χ4v) is 1.85. The molecule has 8 heteroatoms. The lowest BCUT2D eigenvalue weighted by Gasteiger charge is -2.20. The van der Waals surface area contributed by atoms with Crippen LogP contribution in [-0.2, 0) is 10.9 Å². The molecule has 1 fully saturated rings. The molecule has 2 rings (SSSR count). The number of aromatic nitrogens is 1. The Morgan fingerprint density at radius 3 is 2.44 bits per heavy atom. The van der Waals surface area contributed by atoms with Crippen molar-refractivity contribution in [2.75, 3.05) is 13.2 Å². The Hall–Kier alpha value is -1.57. The SMILES string of the molecule is O=C(O)c1oc(C(F)(F)F)nc1C1CCOCC1. The van der Waals surface area contributed by atoms with E-state index in [2.05, 4.69) is 9.40 Å². The molecule has 0 bridgehead atoms. The zero-order chi connectivity index (χ0) is 13.3. The van der Waals surface area contributed by atoms with Gasteiger partial charge in [-0.3, -0.25) is 0 Å². The predicted molar refractivity (Wildman–Crippen MR) is 51.3 cm³/mol. The number of oxazole rings is 1. The average Bonchev–Trinajstić information content (AvgIpc) is 2.74. The Kier molecular flexibility index (Phi) is 3.29. The molecule has 1 N–H and O–H groups in total. The van der Waals surface area contributed by atoms with E-state index in [0.717, 1.165) is 0 Å². The number of carbonyl (C=O) groups is 1. The fraction of sp³-hybridized carbons (Fsp3) is 0.600. The minimum Gasteiger partial charge on any atom is -0.475 e. The second-order valence-corrected chi connectivity index (χ2v) is 3.92. The Bertz CT molecular complexity index is 448. The van der Waals surface area contributed by atoms with Crippen LogP contribution in [0.5, 0.6) is 0 Å². The third-order valence-electron chi connectivity index (χ3n) is 2.70. The van der Waals surface area contributed by atoms with Crippen molar-refractivity contribution in [2.45, 2.75) is 24.9 Å². The monoisotopic (exact) mass is 265 g/mol. The van der Waals surface area contributed by atoms with Gasteiger partial charge in [0.15, 0.2) is 0 Å². The van der Waals surface area contributed by atoms with Crippen LogP contribution in [0.4, 0.5) is 13.2 Å². The van der Waals surface area contributed by atoms with Crippen LogP contribution in [-0.4, -0.2) is 29.3 Å². The number of aromatic carboxylic acids is 1. The molecule has 1 saturated heterocycles. The van der Waals surface area contributed by atoms with Crippen molar-refractivity contribution in [2.24, 2.45) is 0 Å². The maximum absolute atomic E-state index is 12.4. The molecular weight excluding hydrogens is 255 g/mol.